The molecule has 3 amide bonds. The summed E-state index contributed by atoms with van der Waals surface area (Å²) in [5.41, 5.74) is 3.38. The highest BCUT2D eigenvalue weighted by Gasteiger charge is 2.37. The summed E-state index contributed by atoms with van der Waals surface area (Å²) < 4.78 is 6.65. The molecule has 11 heteroatoms. The maximum atomic E-state index is 13.1. The molecule has 2 heterocycles. The number of nitrogens with zero attached hydrogens (tertiary/aromatic N) is 3. The molecule has 0 atom stereocenters. The van der Waals surface area contributed by atoms with Crippen molar-refractivity contribution in [3.05, 3.63) is 108 Å². The van der Waals surface area contributed by atoms with Crippen LogP contribution in [0, 0.1) is 10.1 Å². The normalized spacial score (nSPS) is 16.0. The van der Waals surface area contributed by atoms with Gasteiger partial charge in [0.1, 0.15) is 18.9 Å². The largest absolute Gasteiger partial charge is 0.488 e. The number of hydrogen-bond acceptors (Lipinski definition) is 7. The maximum Gasteiger partial charge on any atom is 0.294 e. The van der Waals surface area contributed by atoms with Crippen LogP contribution in [0.2, 0.25) is 0 Å². The molecule has 39 heavy (non-hydrogen) atoms. The second-order valence-electron chi connectivity index (χ2n) is 9.00. The number of nitro groups is 1. The topological polar surface area (TPSA) is 110 Å². The number of fused-ring (bicyclic) bond motifs is 1. The lowest BCUT2D eigenvalue weighted by atomic mass is 10.00. The van der Waals surface area contributed by atoms with E-state index >= 15 is 0 Å². The number of rotatable bonds is 7. The molecule has 0 aliphatic carbocycles. The maximum absolute atomic E-state index is 13.1. The van der Waals surface area contributed by atoms with Gasteiger partial charge in [0.25, 0.3) is 16.8 Å². The van der Waals surface area contributed by atoms with E-state index in [2.05, 4.69) is 15.9 Å². The Morgan fingerprint density at radius 1 is 1.08 bits per heavy atom. The number of nitro benzene ring substituents is 1. The number of amides is 3. The van der Waals surface area contributed by atoms with Crippen LogP contribution in [-0.4, -0.2) is 44.9 Å². The van der Waals surface area contributed by atoms with Crippen molar-refractivity contribution in [2.75, 3.05) is 13.1 Å². The van der Waals surface area contributed by atoms with E-state index < -0.39 is 16.1 Å². The minimum atomic E-state index is -0.541. The first-order valence-electron chi connectivity index (χ1n) is 12.0. The fourth-order valence-electron chi connectivity index (χ4n) is 4.41. The average molecular weight is 608 g/mol. The highest BCUT2D eigenvalue weighted by atomic mass is 79.9. The molecule has 9 nitrogen and oxygen atoms in total. The van der Waals surface area contributed by atoms with Gasteiger partial charge in [0.2, 0.25) is 5.91 Å². The average Bonchev–Trinajstić information content (AvgIpc) is 3.19. The van der Waals surface area contributed by atoms with Crippen molar-refractivity contribution in [2.24, 2.45) is 0 Å². The van der Waals surface area contributed by atoms with Gasteiger partial charge in [0.05, 0.1) is 9.83 Å². The lowest BCUT2D eigenvalue weighted by molar-refractivity contribution is -0.384. The zero-order valence-corrected chi connectivity index (χ0v) is 22.9. The number of carbonyl (C=O) groups is 3. The molecular weight excluding hydrogens is 586 g/mol. The summed E-state index contributed by atoms with van der Waals surface area (Å²) in [5.74, 6) is -0.392. The molecule has 0 aromatic heterocycles. The molecule has 0 N–H and O–H groups in total. The Morgan fingerprint density at radius 3 is 2.67 bits per heavy atom. The van der Waals surface area contributed by atoms with E-state index in [1.165, 1.54) is 17.7 Å². The van der Waals surface area contributed by atoms with Gasteiger partial charge in [0.15, 0.2) is 0 Å². The Kier molecular flexibility index (Phi) is 7.80. The van der Waals surface area contributed by atoms with Gasteiger partial charge < -0.3 is 9.64 Å². The highest BCUT2D eigenvalue weighted by Crippen LogP contribution is 2.35. The monoisotopic (exact) mass is 607 g/mol. The van der Waals surface area contributed by atoms with Crippen LogP contribution in [0.4, 0.5) is 10.5 Å². The summed E-state index contributed by atoms with van der Waals surface area (Å²) in [6, 6.07) is 19.3. The van der Waals surface area contributed by atoms with E-state index in [0.29, 0.717) is 30.0 Å². The summed E-state index contributed by atoms with van der Waals surface area (Å²) in [6.07, 6.45) is 2.28. The number of benzene rings is 3. The zero-order chi connectivity index (χ0) is 27.5. The van der Waals surface area contributed by atoms with Crippen molar-refractivity contribution in [2.45, 2.75) is 19.6 Å². The second-order valence-corrected chi connectivity index (χ2v) is 10.9. The summed E-state index contributed by atoms with van der Waals surface area (Å²) in [5, 5.41) is 10.6. The van der Waals surface area contributed by atoms with E-state index in [9.17, 15) is 24.5 Å². The molecule has 3 aromatic rings. The third-order valence-corrected chi connectivity index (χ3v) is 7.83. The second kappa shape index (κ2) is 11.4. The Labute approximate surface area is 236 Å². The van der Waals surface area contributed by atoms with E-state index in [-0.39, 0.29) is 29.7 Å². The first-order valence-corrected chi connectivity index (χ1v) is 13.6. The summed E-state index contributed by atoms with van der Waals surface area (Å²) in [7, 11) is 0. The van der Waals surface area contributed by atoms with E-state index in [4.69, 9.17) is 4.74 Å². The lowest BCUT2D eigenvalue weighted by Crippen LogP contribution is -2.44. The Morgan fingerprint density at radius 2 is 1.87 bits per heavy atom. The molecule has 198 valence electrons. The number of halogens is 1. The minimum absolute atomic E-state index is 0.0379. The minimum Gasteiger partial charge on any atom is -0.488 e. The fourth-order valence-corrected chi connectivity index (χ4v) is 5.61. The van der Waals surface area contributed by atoms with E-state index in [1.807, 2.05) is 24.3 Å². The van der Waals surface area contributed by atoms with Crippen molar-refractivity contribution < 1.29 is 24.0 Å². The van der Waals surface area contributed by atoms with Crippen molar-refractivity contribution in [1.82, 2.24) is 9.80 Å². The predicted molar refractivity (Wildman–Crippen MR) is 150 cm³/mol. The molecule has 3 aromatic carbocycles. The first-order chi connectivity index (χ1) is 18.8. The van der Waals surface area contributed by atoms with Gasteiger partial charge >= 0.3 is 0 Å². The van der Waals surface area contributed by atoms with Crippen molar-refractivity contribution in [3.63, 3.8) is 0 Å². The van der Waals surface area contributed by atoms with Crippen LogP contribution in [-0.2, 0) is 29.2 Å². The number of hydrogen-bond donors (Lipinski definition) is 0. The van der Waals surface area contributed by atoms with E-state index in [1.54, 1.807) is 41.3 Å². The Bertz CT molecular complexity index is 1520. The summed E-state index contributed by atoms with van der Waals surface area (Å²) in [6.45, 7) is 0.730. The molecule has 0 saturated carbocycles. The predicted octanol–water partition coefficient (Wildman–Crippen LogP) is 5.56. The molecule has 1 saturated heterocycles. The summed E-state index contributed by atoms with van der Waals surface area (Å²) in [4.78, 5) is 52.3. The van der Waals surface area contributed by atoms with Crippen LogP contribution < -0.4 is 4.74 Å². The van der Waals surface area contributed by atoms with Crippen molar-refractivity contribution in [1.29, 1.82) is 0 Å². The fraction of sp³-hybridized carbons (Fsp3) is 0.179. The van der Waals surface area contributed by atoms with E-state index in [0.717, 1.165) is 33.1 Å². The van der Waals surface area contributed by atoms with Crippen LogP contribution >= 0.6 is 27.7 Å². The molecule has 2 aliphatic rings. The Balaban J connectivity index is 1.29. The van der Waals surface area contributed by atoms with Crippen molar-refractivity contribution in [3.8, 4) is 5.75 Å². The van der Waals surface area contributed by atoms with Crippen LogP contribution in [0.3, 0.4) is 0 Å². The van der Waals surface area contributed by atoms with Gasteiger partial charge in [-0.25, -0.2) is 0 Å². The Hall–Kier alpha value is -3.96. The van der Waals surface area contributed by atoms with Gasteiger partial charge in [-0.05, 0) is 59.1 Å². The van der Waals surface area contributed by atoms with Crippen molar-refractivity contribution >= 4 is 56.5 Å². The smallest absolute Gasteiger partial charge is 0.294 e. The zero-order valence-electron chi connectivity index (χ0n) is 20.5. The van der Waals surface area contributed by atoms with Crippen LogP contribution in [0.1, 0.15) is 22.3 Å². The summed E-state index contributed by atoms with van der Waals surface area (Å²) >= 11 is 4.19. The molecular formula is C28H22BrN3O6S. The molecule has 0 bridgehead atoms. The van der Waals surface area contributed by atoms with Crippen LogP contribution in [0.25, 0.3) is 6.08 Å². The quantitative estimate of drug-likeness (QED) is 0.196. The van der Waals surface area contributed by atoms with Gasteiger partial charge in [0, 0.05) is 35.3 Å². The SMILES string of the molecule is O=C(CN1C(=O)S/C(=C\c2cc(Br)ccc2OCc2cccc([N+](=O)[O-])c2)C1=O)N1CCc2ccccc2C1. The molecule has 2 aliphatic heterocycles. The number of carbonyl (C=O) groups excluding carboxylic acids is 3. The number of non-ortho nitro benzene ring substituents is 1. The molecule has 0 spiro atoms. The first kappa shape index (κ1) is 26.6. The lowest BCUT2D eigenvalue weighted by Gasteiger charge is -2.29. The van der Waals surface area contributed by atoms with Gasteiger partial charge in [-0.15, -0.1) is 0 Å². The van der Waals surface area contributed by atoms with Gasteiger partial charge in [-0.3, -0.25) is 29.4 Å². The van der Waals surface area contributed by atoms with Gasteiger partial charge in [-0.1, -0.05) is 52.3 Å². The molecule has 5 rings (SSSR count). The molecule has 0 radical (unpaired) electrons. The van der Waals surface area contributed by atoms with Crippen LogP contribution in [0.15, 0.2) is 76.1 Å². The molecule has 1 fully saturated rings. The number of ether oxygens (including phenoxy) is 1. The van der Waals surface area contributed by atoms with Gasteiger partial charge in [-0.2, -0.15) is 0 Å². The molecule has 0 unspecified atom stereocenters. The third-order valence-electron chi connectivity index (χ3n) is 6.42. The standard InChI is InChI=1S/C28H22BrN3O6S/c29-22-8-9-24(38-17-18-4-3-7-23(12-18)32(36)37)21(13-22)14-25-27(34)31(28(35)39-25)16-26(33)30-11-10-19-5-1-2-6-20(19)15-30/h1-9,12-14H,10-11,15-17H2/b25-14-. The third kappa shape index (κ3) is 6.04. The highest BCUT2D eigenvalue weighted by molar-refractivity contribution is 9.10. The number of imide groups is 1. The number of thioether (sulfide) groups is 1. The van der Waals surface area contributed by atoms with Crippen LogP contribution in [0.5, 0.6) is 5.75 Å².